The number of para-hydroxylation sites is 1. The molecule has 0 atom stereocenters. The molecule has 0 radical (unpaired) electrons. The van der Waals surface area contributed by atoms with Crippen LogP contribution in [0.25, 0.3) is 11.3 Å². The van der Waals surface area contributed by atoms with Crippen LogP contribution in [0.1, 0.15) is 46.5 Å². The van der Waals surface area contributed by atoms with Gasteiger partial charge in [0.15, 0.2) is 0 Å². The summed E-state index contributed by atoms with van der Waals surface area (Å²) in [4.78, 5) is 5.56. The maximum Gasteiger partial charge on any atom is 0.206 e. The number of nitrogens with zero attached hydrogens (tertiary/aromatic N) is 3. The zero-order chi connectivity index (χ0) is 20.1. The number of ether oxygens (including phenoxy) is 1. The molecule has 1 aliphatic carbocycles. The van der Waals surface area contributed by atoms with Crippen molar-refractivity contribution < 1.29 is 4.74 Å². The molecule has 0 bridgehead atoms. The van der Waals surface area contributed by atoms with E-state index < -0.39 is 0 Å². The molecule has 0 spiro atoms. The Balaban J connectivity index is 2.00. The largest absolute Gasteiger partial charge is 0.496 e. The molecule has 0 amide bonds. The Hall–Kier alpha value is -2.14. The van der Waals surface area contributed by atoms with Crippen molar-refractivity contribution in [1.82, 2.24) is 4.68 Å². The number of hydrogen-bond acceptors (Lipinski definition) is 4. The summed E-state index contributed by atoms with van der Waals surface area (Å²) in [5.74, 6) is 1.61. The Morgan fingerprint density at radius 2 is 1.96 bits per heavy atom. The van der Waals surface area contributed by atoms with Crippen LogP contribution in [0.3, 0.4) is 0 Å². The molecule has 3 rings (SSSR count). The lowest BCUT2D eigenvalue weighted by atomic mass is 9.72. The quantitative estimate of drug-likeness (QED) is 0.592. The third-order valence-electron chi connectivity index (χ3n) is 5.45. The van der Waals surface area contributed by atoms with Gasteiger partial charge in [-0.3, -0.25) is 4.99 Å². The minimum atomic E-state index is 0.369. The van der Waals surface area contributed by atoms with Gasteiger partial charge in [-0.2, -0.15) is 5.10 Å². The van der Waals surface area contributed by atoms with Crippen molar-refractivity contribution in [2.45, 2.75) is 46.5 Å². The first kappa shape index (κ1) is 20.6. The van der Waals surface area contributed by atoms with Crippen LogP contribution in [0.2, 0.25) is 0 Å². The molecule has 4 nitrogen and oxygen atoms in total. The fourth-order valence-corrected chi connectivity index (χ4v) is 4.58. The summed E-state index contributed by atoms with van der Waals surface area (Å²) < 4.78 is 7.58. The number of rotatable bonds is 5. The van der Waals surface area contributed by atoms with Gasteiger partial charge in [-0.25, -0.2) is 4.68 Å². The van der Waals surface area contributed by atoms with Crippen LogP contribution in [0, 0.1) is 11.3 Å². The van der Waals surface area contributed by atoms with E-state index >= 15 is 0 Å². The molecular formula is C23H31N3OS. The van der Waals surface area contributed by atoms with E-state index in [0.29, 0.717) is 12.0 Å². The fourth-order valence-electron chi connectivity index (χ4n) is 3.75. The second-order valence-corrected chi connectivity index (χ2v) is 9.19. The fraction of sp³-hybridized carbons (Fsp3) is 0.478. The molecule has 5 heteroatoms. The normalized spacial score (nSPS) is 18.2. The first-order valence-electron chi connectivity index (χ1n) is 9.96. The smallest absolute Gasteiger partial charge is 0.206 e. The number of methoxy groups -OCH3 is 1. The van der Waals surface area contributed by atoms with Crippen LogP contribution in [0.15, 0.2) is 52.4 Å². The lowest BCUT2D eigenvalue weighted by Gasteiger charge is -2.34. The Labute approximate surface area is 172 Å². The number of hydrogen-bond donors (Lipinski definition) is 0. The van der Waals surface area contributed by atoms with Gasteiger partial charge in [0.1, 0.15) is 5.75 Å². The van der Waals surface area contributed by atoms with Crippen molar-refractivity contribution in [1.29, 1.82) is 0 Å². The highest BCUT2D eigenvalue weighted by atomic mass is 32.1. The average molecular weight is 398 g/mol. The average Bonchev–Trinajstić information content (AvgIpc) is 3.08. The van der Waals surface area contributed by atoms with Gasteiger partial charge in [0.25, 0.3) is 0 Å². The van der Waals surface area contributed by atoms with Crippen molar-refractivity contribution in [2.75, 3.05) is 13.7 Å². The van der Waals surface area contributed by atoms with Crippen LogP contribution in [-0.2, 0) is 0 Å². The molecule has 1 aliphatic rings. The third-order valence-corrected chi connectivity index (χ3v) is 6.31. The van der Waals surface area contributed by atoms with Gasteiger partial charge in [0.05, 0.1) is 19.3 Å². The molecule has 1 aromatic carbocycles. The first-order chi connectivity index (χ1) is 13.4. The van der Waals surface area contributed by atoms with Gasteiger partial charge in [-0.1, -0.05) is 39.0 Å². The summed E-state index contributed by atoms with van der Waals surface area (Å²) in [6, 6.07) is 8.08. The molecule has 0 N–H and O–H groups in total. The molecule has 2 aromatic rings. The molecule has 1 heterocycles. The van der Waals surface area contributed by atoms with E-state index in [1.165, 1.54) is 18.6 Å². The van der Waals surface area contributed by atoms with Crippen molar-refractivity contribution in [3.63, 3.8) is 0 Å². The lowest BCUT2D eigenvalue weighted by molar-refractivity contribution is 0.208. The first-order valence-corrected chi connectivity index (χ1v) is 10.8. The van der Waals surface area contributed by atoms with Crippen LogP contribution in [0.4, 0.5) is 0 Å². The SMILES string of the molecule is C=CCN=c1scc(-c2ccccc2OC)n1N=C1CCC(C(C)(C)C)CC1. The maximum absolute atomic E-state index is 5.58. The molecule has 150 valence electrons. The topological polar surface area (TPSA) is 38.9 Å². The summed E-state index contributed by atoms with van der Waals surface area (Å²) in [6.07, 6.45) is 6.33. The number of thiazole rings is 1. The highest BCUT2D eigenvalue weighted by Crippen LogP contribution is 2.37. The minimum absolute atomic E-state index is 0.369. The summed E-state index contributed by atoms with van der Waals surface area (Å²) in [5.41, 5.74) is 3.69. The Morgan fingerprint density at radius 1 is 1.25 bits per heavy atom. The molecule has 1 aromatic heterocycles. The molecule has 28 heavy (non-hydrogen) atoms. The van der Waals surface area contributed by atoms with E-state index in [0.717, 1.165) is 40.6 Å². The van der Waals surface area contributed by atoms with Crippen LogP contribution >= 0.6 is 11.3 Å². The van der Waals surface area contributed by atoms with Gasteiger partial charge < -0.3 is 4.74 Å². The molecule has 1 fully saturated rings. The molecule has 0 aliphatic heterocycles. The highest BCUT2D eigenvalue weighted by molar-refractivity contribution is 7.07. The zero-order valence-electron chi connectivity index (χ0n) is 17.4. The predicted molar refractivity (Wildman–Crippen MR) is 119 cm³/mol. The van der Waals surface area contributed by atoms with Crippen LogP contribution < -0.4 is 9.54 Å². The van der Waals surface area contributed by atoms with Crippen molar-refractivity contribution in [3.8, 4) is 17.0 Å². The summed E-state index contributed by atoms with van der Waals surface area (Å²) >= 11 is 1.61. The molecule has 1 saturated carbocycles. The van der Waals surface area contributed by atoms with Crippen LogP contribution in [-0.4, -0.2) is 24.0 Å². The van der Waals surface area contributed by atoms with Crippen molar-refractivity contribution in [2.24, 2.45) is 21.4 Å². The minimum Gasteiger partial charge on any atom is -0.496 e. The van der Waals surface area contributed by atoms with E-state index in [9.17, 15) is 0 Å². The zero-order valence-corrected chi connectivity index (χ0v) is 18.3. The molecule has 0 saturated heterocycles. The van der Waals surface area contributed by atoms with Gasteiger partial charge in [-0.05, 0) is 49.1 Å². The Kier molecular flexibility index (Phi) is 6.55. The summed E-state index contributed by atoms with van der Waals surface area (Å²) in [7, 11) is 1.71. The number of benzene rings is 1. The van der Waals surface area contributed by atoms with Gasteiger partial charge in [-0.15, -0.1) is 17.9 Å². The Bertz CT molecular complexity index is 904. The lowest BCUT2D eigenvalue weighted by Crippen LogP contribution is -2.26. The Morgan fingerprint density at radius 3 is 2.61 bits per heavy atom. The van der Waals surface area contributed by atoms with E-state index in [-0.39, 0.29) is 0 Å². The predicted octanol–water partition coefficient (Wildman–Crippen LogP) is 5.75. The van der Waals surface area contributed by atoms with E-state index in [2.05, 4.69) is 43.8 Å². The highest BCUT2D eigenvalue weighted by Gasteiger charge is 2.28. The summed E-state index contributed by atoms with van der Waals surface area (Å²) in [6.45, 7) is 11.4. The molecule has 0 unspecified atom stereocenters. The monoisotopic (exact) mass is 397 g/mol. The second kappa shape index (κ2) is 8.91. The standard InChI is InChI=1S/C23H31N3OS/c1-6-15-24-22-26(25-18-13-11-17(12-14-18)23(2,3)4)20(16-28-22)19-9-7-8-10-21(19)27-5/h6-10,16-17H,1,11-15H2,2-5H3. The maximum atomic E-state index is 5.58. The van der Waals surface area contributed by atoms with E-state index in [1.807, 2.05) is 29.0 Å². The van der Waals surface area contributed by atoms with Gasteiger partial charge in [0, 0.05) is 16.7 Å². The second-order valence-electron chi connectivity index (χ2n) is 8.35. The van der Waals surface area contributed by atoms with Gasteiger partial charge in [0.2, 0.25) is 4.80 Å². The molecular weight excluding hydrogens is 366 g/mol. The number of aromatic nitrogens is 1. The van der Waals surface area contributed by atoms with Crippen LogP contribution in [0.5, 0.6) is 5.75 Å². The third kappa shape index (κ3) is 4.64. The van der Waals surface area contributed by atoms with Crippen molar-refractivity contribution >= 4 is 17.0 Å². The van der Waals surface area contributed by atoms with E-state index in [1.54, 1.807) is 18.4 Å². The van der Waals surface area contributed by atoms with Crippen molar-refractivity contribution in [3.05, 3.63) is 47.1 Å². The van der Waals surface area contributed by atoms with E-state index in [4.69, 9.17) is 9.84 Å². The summed E-state index contributed by atoms with van der Waals surface area (Å²) in [5, 5.41) is 7.18. The van der Waals surface area contributed by atoms with Gasteiger partial charge >= 0.3 is 0 Å².